The average Bonchev–Trinajstić information content (AvgIpc) is 2.86. The fraction of sp³-hybridized carbons (Fsp3) is 0.778. The van der Waals surface area contributed by atoms with Gasteiger partial charge in [-0.15, -0.1) is 35.3 Å². The van der Waals surface area contributed by atoms with Crippen molar-refractivity contribution in [3.63, 3.8) is 0 Å². The summed E-state index contributed by atoms with van der Waals surface area (Å²) in [7, 11) is 0. The van der Waals surface area contributed by atoms with E-state index in [1.807, 2.05) is 0 Å². The van der Waals surface area contributed by atoms with Gasteiger partial charge in [-0.2, -0.15) is 0 Å². The van der Waals surface area contributed by atoms with Crippen molar-refractivity contribution in [2.24, 2.45) is 4.99 Å². The van der Waals surface area contributed by atoms with Crippen LogP contribution in [0.3, 0.4) is 0 Å². The second kappa shape index (κ2) is 11.3. The maximum Gasteiger partial charge on any atom is 0.191 e. The van der Waals surface area contributed by atoms with Crippen molar-refractivity contribution >= 4 is 41.3 Å². The van der Waals surface area contributed by atoms with Gasteiger partial charge in [0.25, 0.3) is 0 Å². The summed E-state index contributed by atoms with van der Waals surface area (Å²) in [5, 5.41) is 8.15. The van der Waals surface area contributed by atoms with E-state index < -0.39 is 0 Å². The SMILES string of the molecule is CCNC(=NCCc1sc(C)nc1C)NC1CCN(C(C)C)CC1.I. The van der Waals surface area contributed by atoms with Crippen LogP contribution in [0.4, 0.5) is 0 Å². The molecule has 144 valence electrons. The minimum absolute atomic E-state index is 0. The first kappa shape index (κ1) is 22.6. The van der Waals surface area contributed by atoms with Crippen LogP contribution in [-0.2, 0) is 6.42 Å². The number of likely N-dealkylation sites (tertiary alicyclic amines) is 1. The molecule has 1 aromatic rings. The van der Waals surface area contributed by atoms with E-state index in [1.54, 1.807) is 11.3 Å². The number of hydrogen-bond donors (Lipinski definition) is 2. The standard InChI is InChI=1S/C18H33N5S.HI/c1-6-19-18(20-10-7-17-14(4)21-15(5)24-17)22-16-8-11-23(12-9-16)13(2)3;/h13,16H,6-12H2,1-5H3,(H2,19,20,22);1H. The van der Waals surface area contributed by atoms with Crippen LogP contribution in [0, 0.1) is 13.8 Å². The van der Waals surface area contributed by atoms with Crippen molar-refractivity contribution in [1.82, 2.24) is 20.5 Å². The highest BCUT2D eigenvalue weighted by molar-refractivity contribution is 14.0. The maximum atomic E-state index is 4.77. The molecule has 1 aromatic heterocycles. The molecule has 2 N–H and O–H groups in total. The van der Waals surface area contributed by atoms with Crippen LogP contribution in [0.15, 0.2) is 4.99 Å². The molecule has 2 rings (SSSR count). The van der Waals surface area contributed by atoms with Crippen molar-refractivity contribution < 1.29 is 0 Å². The molecule has 0 spiro atoms. The molecule has 0 aromatic carbocycles. The third-order valence-corrected chi connectivity index (χ3v) is 5.69. The van der Waals surface area contributed by atoms with Crippen LogP contribution in [-0.4, -0.2) is 54.1 Å². The molecule has 25 heavy (non-hydrogen) atoms. The fourth-order valence-corrected chi connectivity index (χ4v) is 4.07. The highest BCUT2D eigenvalue weighted by Crippen LogP contribution is 2.17. The molecule has 0 amide bonds. The molecule has 2 heterocycles. The second-order valence-corrected chi connectivity index (χ2v) is 8.09. The minimum atomic E-state index is 0. The number of hydrogen-bond acceptors (Lipinski definition) is 4. The van der Waals surface area contributed by atoms with E-state index in [9.17, 15) is 0 Å². The van der Waals surface area contributed by atoms with E-state index >= 15 is 0 Å². The largest absolute Gasteiger partial charge is 0.357 e. The Kier molecular flexibility index (Phi) is 10.3. The Hall–Kier alpha value is -0.410. The molecule has 0 aliphatic carbocycles. The summed E-state index contributed by atoms with van der Waals surface area (Å²) in [4.78, 5) is 13.2. The van der Waals surface area contributed by atoms with Crippen molar-refractivity contribution in [2.45, 2.75) is 66.0 Å². The molecule has 0 radical (unpaired) electrons. The first-order valence-corrected chi connectivity index (χ1v) is 10.0. The third-order valence-electron chi connectivity index (χ3n) is 4.55. The van der Waals surface area contributed by atoms with Crippen LogP contribution in [0.25, 0.3) is 0 Å². The number of rotatable bonds is 6. The zero-order valence-corrected chi connectivity index (χ0v) is 19.4. The predicted molar refractivity (Wildman–Crippen MR) is 120 cm³/mol. The normalized spacial score (nSPS) is 16.8. The molecule has 7 heteroatoms. The summed E-state index contributed by atoms with van der Waals surface area (Å²) in [6.07, 6.45) is 3.35. The van der Waals surface area contributed by atoms with Crippen molar-refractivity contribution in [3.8, 4) is 0 Å². The summed E-state index contributed by atoms with van der Waals surface area (Å²) in [6, 6.07) is 1.18. The number of halogens is 1. The van der Waals surface area contributed by atoms with Gasteiger partial charge in [0.05, 0.1) is 10.7 Å². The average molecular weight is 479 g/mol. The number of nitrogens with zero attached hydrogens (tertiary/aromatic N) is 3. The Bertz CT molecular complexity index is 536. The van der Waals surface area contributed by atoms with Gasteiger partial charge in [0.2, 0.25) is 0 Å². The van der Waals surface area contributed by atoms with Crippen molar-refractivity contribution in [1.29, 1.82) is 0 Å². The number of piperidine rings is 1. The highest BCUT2D eigenvalue weighted by Gasteiger charge is 2.21. The molecule has 1 aliphatic heterocycles. The number of thiazole rings is 1. The predicted octanol–water partition coefficient (Wildman–Crippen LogP) is 3.35. The molecular weight excluding hydrogens is 445 g/mol. The monoisotopic (exact) mass is 479 g/mol. The van der Waals surface area contributed by atoms with E-state index in [4.69, 9.17) is 4.99 Å². The van der Waals surface area contributed by atoms with E-state index in [1.165, 1.54) is 30.8 Å². The molecule has 1 fully saturated rings. The van der Waals surface area contributed by atoms with E-state index in [2.05, 4.69) is 55.1 Å². The van der Waals surface area contributed by atoms with Crippen LogP contribution >= 0.6 is 35.3 Å². The third kappa shape index (κ3) is 7.38. The van der Waals surface area contributed by atoms with Gasteiger partial charge in [-0.25, -0.2) is 4.98 Å². The van der Waals surface area contributed by atoms with Gasteiger partial charge in [0, 0.05) is 49.6 Å². The fourth-order valence-electron chi connectivity index (χ4n) is 3.15. The Balaban J connectivity index is 0.00000312. The van der Waals surface area contributed by atoms with Gasteiger partial charge in [-0.1, -0.05) is 0 Å². The highest BCUT2D eigenvalue weighted by atomic mass is 127. The summed E-state index contributed by atoms with van der Waals surface area (Å²) in [5.74, 6) is 0.958. The topological polar surface area (TPSA) is 52.6 Å². The first-order valence-electron chi connectivity index (χ1n) is 9.21. The lowest BCUT2D eigenvalue weighted by atomic mass is 10.0. The first-order chi connectivity index (χ1) is 11.5. The summed E-state index contributed by atoms with van der Waals surface area (Å²) >= 11 is 1.79. The molecule has 5 nitrogen and oxygen atoms in total. The molecular formula is C18H34IN5S. The Morgan fingerprint density at radius 3 is 2.52 bits per heavy atom. The summed E-state index contributed by atoms with van der Waals surface area (Å²) in [6.45, 7) is 14.9. The lowest BCUT2D eigenvalue weighted by molar-refractivity contribution is 0.167. The summed E-state index contributed by atoms with van der Waals surface area (Å²) in [5.41, 5.74) is 1.16. The van der Waals surface area contributed by atoms with Gasteiger partial charge < -0.3 is 15.5 Å². The van der Waals surface area contributed by atoms with Gasteiger partial charge in [0.15, 0.2) is 5.96 Å². The van der Waals surface area contributed by atoms with Crippen LogP contribution in [0.1, 0.15) is 49.2 Å². The molecule has 0 atom stereocenters. The molecule has 1 saturated heterocycles. The van der Waals surface area contributed by atoms with Crippen LogP contribution in [0.2, 0.25) is 0 Å². The minimum Gasteiger partial charge on any atom is -0.357 e. The van der Waals surface area contributed by atoms with E-state index in [-0.39, 0.29) is 24.0 Å². The number of aliphatic imine (C=N–C) groups is 1. The van der Waals surface area contributed by atoms with Crippen LogP contribution in [0.5, 0.6) is 0 Å². The second-order valence-electron chi connectivity index (χ2n) is 6.80. The maximum absolute atomic E-state index is 4.77. The Labute approximate surface area is 174 Å². The number of aryl methyl sites for hydroxylation is 2. The van der Waals surface area contributed by atoms with E-state index in [0.717, 1.165) is 36.2 Å². The Morgan fingerprint density at radius 2 is 2.00 bits per heavy atom. The zero-order chi connectivity index (χ0) is 17.5. The van der Waals surface area contributed by atoms with Gasteiger partial charge in [-0.05, 0) is 47.5 Å². The Morgan fingerprint density at radius 1 is 1.32 bits per heavy atom. The quantitative estimate of drug-likeness (QED) is 0.374. The number of nitrogens with one attached hydrogen (secondary N) is 2. The smallest absolute Gasteiger partial charge is 0.191 e. The van der Waals surface area contributed by atoms with Crippen LogP contribution < -0.4 is 10.6 Å². The molecule has 1 aliphatic rings. The van der Waals surface area contributed by atoms with Crippen molar-refractivity contribution in [2.75, 3.05) is 26.2 Å². The number of aromatic nitrogens is 1. The van der Waals surface area contributed by atoms with Crippen molar-refractivity contribution in [3.05, 3.63) is 15.6 Å². The molecule has 0 bridgehead atoms. The van der Waals surface area contributed by atoms with Gasteiger partial charge >= 0.3 is 0 Å². The lowest BCUT2D eigenvalue weighted by Gasteiger charge is -2.35. The van der Waals surface area contributed by atoms with E-state index in [0.29, 0.717) is 12.1 Å². The zero-order valence-electron chi connectivity index (χ0n) is 16.3. The van der Waals surface area contributed by atoms with Gasteiger partial charge in [0.1, 0.15) is 0 Å². The molecule has 0 unspecified atom stereocenters. The lowest BCUT2D eigenvalue weighted by Crippen LogP contribution is -2.49. The van der Waals surface area contributed by atoms with Gasteiger partial charge in [-0.3, -0.25) is 4.99 Å². The molecule has 0 saturated carbocycles. The summed E-state index contributed by atoms with van der Waals surface area (Å²) < 4.78 is 0. The number of guanidine groups is 1.